The number of anilines is 1. The minimum absolute atomic E-state index is 0.0784. The van der Waals surface area contributed by atoms with Crippen molar-refractivity contribution in [2.45, 2.75) is 33.8 Å². The van der Waals surface area contributed by atoms with Crippen LogP contribution in [0.5, 0.6) is 5.75 Å². The minimum atomic E-state index is -0.785. The van der Waals surface area contributed by atoms with Crippen molar-refractivity contribution in [1.29, 1.82) is 0 Å². The van der Waals surface area contributed by atoms with Crippen molar-refractivity contribution in [3.8, 4) is 5.75 Å². The molecular formula is C18H20N2O4. The Bertz CT molecular complexity index is 763. The molecule has 6 nitrogen and oxygen atoms in total. The number of nitro benzene ring substituents is 1. The molecule has 0 spiro atoms. The van der Waals surface area contributed by atoms with Crippen LogP contribution in [-0.4, -0.2) is 16.9 Å². The predicted molar refractivity (Wildman–Crippen MR) is 92.5 cm³/mol. The van der Waals surface area contributed by atoms with Crippen molar-refractivity contribution in [1.82, 2.24) is 0 Å². The number of ether oxygens (including phenoxy) is 1. The zero-order chi connectivity index (χ0) is 17.9. The molecule has 2 aromatic carbocycles. The third-order valence-corrected chi connectivity index (χ3v) is 3.64. The fourth-order valence-corrected chi connectivity index (χ4v) is 2.53. The molecule has 0 unspecified atom stereocenters. The van der Waals surface area contributed by atoms with Crippen molar-refractivity contribution >= 4 is 17.3 Å². The van der Waals surface area contributed by atoms with Gasteiger partial charge in [0.1, 0.15) is 5.75 Å². The van der Waals surface area contributed by atoms with Gasteiger partial charge in [-0.2, -0.15) is 0 Å². The first-order chi connectivity index (χ1) is 11.3. The summed E-state index contributed by atoms with van der Waals surface area (Å²) >= 11 is 0. The topological polar surface area (TPSA) is 81.5 Å². The second kappa shape index (κ2) is 7.12. The molecule has 1 N–H and O–H groups in total. The van der Waals surface area contributed by atoms with Gasteiger partial charge in [-0.3, -0.25) is 14.9 Å². The summed E-state index contributed by atoms with van der Waals surface area (Å²) in [6.07, 6.45) is -0.785. The summed E-state index contributed by atoms with van der Waals surface area (Å²) in [7, 11) is 0. The second-order valence-corrected chi connectivity index (χ2v) is 5.78. The summed E-state index contributed by atoms with van der Waals surface area (Å²) in [5.74, 6) is -0.0271. The maximum absolute atomic E-state index is 12.4. The van der Waals surface area contributed by atoms with Crippen LogP contribution in [0.3, 0.4) is 0 Å². The van der Waals surface area contributed by atoms with Gasteiger partial charge in [0.15, 0.2) is 6.10 Å². The summed E-state index contributed by atoms with van der Waals surface area (Å²) in [6.45, 7) is 7.47. The Morgan fingerprint density at radius 3 is 2.38 bits per heavy atom. The number of non-ortho nitro benzene ring substituents is 1. The number of nitro groups is 1. The van der Waals surface area contributed by atoms with E-state index in [-0.39, 0.29) is 17.3 Å². The molecule has 24 heavy (non-hydrogen) atoms. The number of rotatable bonds is 5. The molecule has 0 saturated heterocycles. The molecule has 0 saturated carbocycles. The Balaban J connectivity index is 2.10. The van der Waals surface area contributed by atoms with Crippen LogP contribution in [0.2, 0.25) is 0 Å². The largest absolute Gasteiger partial charge is 0.481 e. The SMILES string of the molecule is Cc1cc(C)c(NC(=O)[C@H](C)Oc2cccc([N+](=O)[O-])c2)c(C)c1. The highest BCUT2D eigenvalue weighted by molar-refractivity contribution is 5.95. The molecule has 0 aliphatic heterocycles. The molecular weight excluding hydrogens is 308 g/mol. The highest BCUT2D eigenvalue weighted by Gasteiger charge is 2.18. The van der Waals surface area contributed by atoms with Gasteiger partial charge < -0.3 is 10.1 Å². The smallest absolute Gasteiger partial charge is 0.273 e. The molecule has 0 aliphatic carbocycles. The van der Waals surface area contributed by atoms with Gasteiger partial charge in [0.05, 0.1) is 11.0 Å². The second-order valence-electron chi connectivity index (χ2n) is 5.78. The normalized spacial score (nSPS) is 11.7. The quantitative estimate of drug-likeness (QED) is 0.666. The van der Waals surface area contributed by atoms with Crippen molar-refractivity contribution < 1.29 is 14.5 Å². The van der Waals surface area contributed by atoms with Crippen LogP contribution < -0.4 is 10.1 Å². The number of carbonyl (C=O) groups is 1. The van der Waals surface area contributed by atoms with Gasteiger partial charge in [0.25, 0.3) is 11.6 Å². The van der Waals surface area contributed by atoms with Crippen LogP contribution in [0.4, 0.5) is 11.4 Å². The van der Waals surface area contributed by atoms with E-state index in [1.807, 2.05) is 32.9 Å². The van der Waals surface area contributed by atoms with E-state index in [0.717, 1.165) is 22.4 Å². The Labute approximate surface area is 140 Å². The number of hydrogen-bond acceptors (Lipinski definition) is 4. The van der Waals surface area contributed by atoms with Crippen LogP contribution in [0.15, 0.2) is 36.4 Å². The molecule has 1 amide bonds. The lowest BCUT2D eigenvalue weighted by atomic mass is 10.0. The lowest BCUT2D eigenvalue weighted by Gasteiger charge is -2.17. The molecule has 0 fully saturated rings. The van der Waals surface area contributed by atoms with E-state index >= 15 is 0 Å². The van der Waals surface area contributed by atoms with Crippen LogP contribution in [0, 0.1) is 30.9 Å². The third kappa shape index (κ3) is 4.10. The molecule has 0 heterocycles. The van der Waals surface area contributed by atoms with Gasteiger partial charge in [-0.25, -0.2) is 0 Å². The summed E-state index contributed by atoms with van der Waals surface area (Å²) in [5, 5.41) is 13.7. The van der Waals surface area contributed by atoms with Crippen molar-refractivity contribution in [2.75, 3.05) is 5.32 Å². The van der Waals surface area contributed by atoms with Gasteiger partial charge in [-0.15, -0.1) is 0 Å². The van der Waals surface area contributed by atoms with Crippen LogP contribution in [0.25, 0.3) is 0 Å². The molecule has 2 rings (SSSR count). The standard InChI is InChI=1S/C18H20N2O4/c1-11-8-12(2)17(13(3)9-11)19-18(21)14(4)24-16-7-5-6-15(10-16)20(22)23/h5-10,14H,1-4H3,(H,19,21)/t14-/m0/s1. The van der Waals surface area contributed by atoms with Crippen LogP contribution in [-0.2, 0) is 4.79 Å². The highest BCUT2D eigenvalue weighted by Crippen LogP contribution is 2.23. The Kier molecular flexibility index (Phi) is 5.18. The van der Waals surface area contributed by atoms with Gasteiger partial charge in [-0.1, -0.05) is 23.8 Å². The Hall–Kier alpha value is -2.89. The summed E-state index contributed by atoms with van der Waals surface area (Å²) in [5.41, 5.74) is 3.76. The Morgan fingerprint density at radius 2 is 1.79 bits per heavy atom. The van der Waals surface area contributed by atoms with Gasteiger partial charge in [-0.05, 0) is 44.9 Å². The van der Waals surface area contributed by atoms with E-state index in [0.29, 0.717) is 0 Å². The average Bonchev–Trinajstić information content (AvgIpc) is 2.50. The number of nitrogens with one attached hydrogen (secondary N) is 1. The third-order valence-electron chi connectivity index (χ3n) is 3.64. The van der Waals surface area contributed by atoms with E-state index in [2.05, 4.69) is 5.32 Å². The minimum Gasteiger partial charge on any atom is -0.481 e. The molecule has 126 valence electrons. The number of nitrogens with zero attached hydrogens (tertiary/aromatic N) is 1. The molecule has 0 radical (unpaired) electrons. The van der Waals surface area contributed by atoms with E-state index in [9.17, 15) is 14.9 Å². The first-order valence-corrected chi connectivity index (χ1v) is 7.57. The first kappa shape index (κ1) is 17.5. The monoisotopic (exact) mass is 328 g/mol. The lowest BCUT2D eigenvalue weighted by Crippen LogP contribution is -2.30. The van der Waals surface area contributed by atoms with Gasteiger partial charge in [0, 0.05) is 11.8 Å². The highest BCUT2D eigenvalue weighted by atomic mass is 16.6. The molecule has 0 aromatic heterocycles. The summed E-state index contributed by atoms with van der Waals surface area (Å²) in [6, 6.07) is 9.76. The van der Waals surface area contributed by atoms with E-state index in [4.69, 9.17) is 4.74 Å². The molecule has 0 bridgehead atoms. The molecule has 6 heteroatoms. The predicted octanol–water partition coefficient (Wildman–Crippen LogP) is 3.93. The Morgan fingerprint density at radius 1 is 1.17 bits per heavy atom. The number of amides is 1. The first-order valence-electron chi connectivity index (χ1n) is 7.57. The van der Waals surface area contributed by atoms with Crippen molar-refractivity contribution in [3.05, 3.63) is 63.2 Å². The average molecular weight is 328 g/mol. The zero-order valence-corrected chi connectivity index (χ0v) is 14.1. The molecule has 0 aliphatic rings. The molecule has 2 aromatic rings. The van der Waals surface area contributed by atoms with Gasteiger partial charge in [0.2, 0.25) is 0 Å². The van der Waals surface area contributed by atoms with E-state index < -0.39 is 11.0 Å². The number of aryl methyl sites for hydroxylation is 3. The van der Waals surface area contributed by atoms with Gasteiger partial charge >= 0.3 is 0 Å². The lowest BCUT2D eigenvalue weighted by molar-refractivity contribution is -0.384. The molecule has 1 atom stereocenters. The van der Waals surface area contributed by atoms with E-state index in [1.54, 1.807) is 13.0 Å². The van der Waals surface area contributed by atoms with Crippen molar-refractivity contribution in [3.63, 3.8) is 0 Å². The zero-order valence-electron chi connectivity index (χ0n) is 14.1. The number of carbonyl (C=O) groups excluding carboxylic acids is 1. The maximum Gasteiger partial charge on any atom is 0.273 e. The number of benzene rings is 2. The summed E-state index contributed by atoms with van der Waals surface area (Å²) < 4.78 is 5.53. The fraction of sp³-hybridized carbons (Fsp3) is 0.278. The van der Waals surface area contributed by atoms with Crippen LogP contribution in [0.1, 0.15) is 23.6 Å². The van der Waals surface area contributed by atoms with Crippen molar-refractivity contribution in [2.24, 2.45) is 0 Å². The maximum atomic E-state index is 12.4. The fourth-order valence-electron chi connectivity index (χ4n) is 2.53. The summed E-state index contributed by atoms with van der Waals surface area (Å²) in [4.78, 5) is 22.6. The number of hydrogen-bond donors (Lipinski definition) is 1. The van der Waals surface area contributed by atoms with E-state index in [1.165, 1.54) is 18.2 Å². The van der Waals surface area contributed by atoms with Crippen LogP contribution >= 0.6 is 0 Å².